The Morgan fingerprint density at radius 2 is 2.25 bits per heavy atom. The Labute approximate surface area is 78.4 Å². The van der Waals surface area contributed by atoms with E-state index in [0.717, 1.165) is 23.0 Å². The van der Waals surface area contributed by atoms with Crippen LogP contribution >= 0.6 is 23.3 Å². The number of hydrogen-bond acceptors (Lipinski definition) is 4. The van der Waals surface area contributed by atoms with Crippen LogP contribution in [0.4, 0.5) is 0 Å². The molecule has 0 unspecified atom stereocenters. The third kappa shape index (κ3) is 1.31. The molecule has 60 valence electrons. The second kappa shape index (κ2) is 3.16. The first-order chi connectivity index (χ1) is 5.88. The van der Waals surface area contributed by atoms with Crippen molar-refractivity contribution in [2.75, 3.05) is 0 Å². The fraction of sp³-hybridized carbons (Fsp3) is 0. The van der Waals surface area contributed by atoms with Crippen molar-refractivity contribution >= 4 is 23.3 Å². The maximum atomic E-state index is 5.89. The molecule has 2 heterocycles. The highest BCUT2D eigenvalue weighted by molar-refractivity contribution is 6.99. The van der Waals surface area contributed by atoms with Gasteiger partial charge in [0.2, 0.25) is 0 Å². The van der Waals surface area contributed by atoms with Gasteiger partial charge in [-0.2, -0.15) is 8.75 Å². The van der Waals surface area contributed by atoms with Gasteiger partial charge in [0.1, 0.15) is 5.69 Å². The number of aromatic nitrogens is 3. The van der Waals surface area contributed by atoms with Gasteiger partial charge in [0, 0.05) is 18.0 Å². The van der Waals surface area contributed by atoms with Crippen LogP contribution in [0.25, 0.3) is 11.3 Å². The van der Waals surface area contributed by atoms with E-state index in [9.17, 15) is 0 Å². The summed E-state index contributed by atoms with van der Waals surface area (Å²) in [6, 6.07) is 1.82. The van der Waals surface area contributed by atoms with Crippen molar-refractivity contribution in [1.82, 2.24) is 13.7 Å². The van der Waals surface area contributed by atoms with E-state index in [4.69, 9.17) is 11.6 Å². The summed E-state index contributed by atoms with van der Waals surface area (Å²) in [4.78, 5) is 3.88. The molecule has 2 rings (SSSR count). The molecule has 3 nitrogen and oxygen atoms in total. The van der Waals surface area contributed by atoms with Gasteiger partial charge in [-0.3, -0.25) is 4.98 Å². The van der Waals surface area contributed by atoms with E-state index in [1.807, 2.05) is 6.07 Å². The first-order valence-electron chi connectivity index (χ1n) is 3.25. The quantitative estimate of drug-likeness (QED) is 0.704. The van der Waals surface area contributed by atoms with Crippen LogP contribution in [0.3, 0.4) is 0 Å². The SMILES string of the molecule is Clc1cnccc1-c1cnsn1. The Morgan fingerprint density at radius 1 is 1.33 bits per heavy atom. The van der Waals surface area contributed by atoms with Crippen molar-refractivity contribution < 1.29 is 0 Å². The smallest absolute Gasteiger partial charge is 0.106 e. The largest absolute Gasteiger partial charge is 0.263 e. The third-order valence-electron chi connectivity index (χ3n) is 1.41. The molecule has 12 heavy (non-hydrogen) atoms. The lowest BCUT2D eigenvalue weighted by Crippen LogP contribution is -1.79. The highest BCUT2D eigenvalue weighted by atomic mass is 35.5. The highest BCUT2D eigenvalue weighted by Crippen LogP contribution is 2.24. The lowest BCUT2D eigenvalue weighted by atomic mass is 10.2. The van der Waals surface area contributed by atoms with Gasteiger partial charge in [-0.25, -0.2) is 0 Å². The molecular weight excluding hydrogens is 194 g/mol. The maximum Gasteiger partial charge on any atom is 0.106 e. The van der Waals surface area contributed by atoms with Crippen LogP contribution in [0.1, 0.15) is 0 Å². The molecule has 0 fully saturated rings. The van der Waals surface area contributed by atoms with Crippen LogP contribution in [0.5, 0.6) is 0 Å². The summed E-state index contributed by atoms with van der Waals surface area (Å²) < 4.78 is 7.96. The zero-order valence-corrected chi connectivity index (χ0v) is 7.51. The molecule has 0 aliphatic carbocycles. The normalized spacial score (nSPS) is 10.1. The van der Waals surface area contributed by atoms with Crippen LogP contribution in [-0.2, 0) is 0 Å². The Kier molecular flexibility index (Phi) is 2.01. The first kappa shape index (κ1) is 7.64. The summed E-state index contributed by atoms with van der Waals surface area (Å²) in [7, 11) is 0. The number of pyridine rings is 1. The fourth-order valence-electron chi connectivity index (χ4n) is 0.866. The molecule has 0 aromatic carbocycles. The molecule has 5 heteroatoms. The van der Waals surface area contributed by atoms with E-state index in [1.165, 1.54) is 0 Å². The van der Waals surface area contributed by atoms with E-state index < -0.39 is 0 Å². The number of rotatable bonds is 1. The minimum atomic E-state index is 0.602. The maximum absolute atomic E-state index is 5.89. The minimum Gasteiger partial charge on any atom is -0.263 e. The Bertz CT molecular complexity index is 374. The standard InChI is InChI=1S/C7H4ClN3S/c8-6-3-9-2-1-5(6)7-4-10-12-11-7/h1-4H. The number of nitrogens with zero attached hydrogens (tertiary/aromatic N) is 3. The Balaban J connectivity index is 2.55. The van der Waals surface area contributed by atoms with Gasteiger partial charge < -0.3 is 0 Å². The lowest BCUT2D eigenvalue weighted by molar-refractivity contribution is 1.32. The van der Waals surface area contributed by atoms with Crippen molar-refractivity contribution in [2.45, 2.75) is 0 Å². The topological polar surface area (TPSA) is 38.7 Å². The molecule has 0 atom stereocenters. The molecule has 2 aromatic rings. The Hall–Kier alpha value is -1.00. The molecular formula is C7H4ClN3S. The molecule has 0 radical (unpaired) electrons. The summed E-state index contributed by atoms with van der Waals surface area (Å²) in [6.07, 6.45) is 4.96. The third-order valence-corrected chi connectivity index (χ3v) is 2.19. The second-order valence-corrected chi connectivity index (χ2v) is 3.11. The van der Waals surface area contributed by atoms with Crippen LogP contribution in [0, 0.1) is 0 Å². The molecule has 0 spiro atoms. The molecule has 0 saturated heterocycles. The van der Waals surface area contributed by atoms with E-state index in [1.54, 1.807) is 18.6 Å². The minimum absolute atomic E-state index is 0.602. The average Bonchev–Trinajstić information content (AvgIpc) is 2.57. The van der Waals surface area contributed by atoms with Gasteiger partial charge in [0.05, 0.1) is 22.9 Å². The lowest BCUT2D eigenvalue weighted by Gasteiger charge is -1.96. The van der Waals surface area contributed by atoms with Crippen molar-refractivity contribution in [1.29, 1.82) is 0 Å². The summed E-state index contributed by atoms with van der Waals surface area (Å²) in [5.74, 6) is 0. The van der Waals surface area contributed by atoms with E-state index in [0.29, 0.717) is 5.02 Å². The summed E-state index contributed by atoms with van der Waals surface area (Å²) in [5, 5.41) is 0.602. The predicted octanol–water partition coefficient (Wildman–Crippen LogP) is 2.25. The summed E-state index contributed by atoms with van der Waals surface area (Å²) in [5.41, 5.74) is 1.67. The average molecular weight is 198 g/mol. The molecule has 0 aliphatic heterocycles. The first-order valence-corrected chi connectivity index (χ1v) is 4.36. The molecule has 0 saturated carbocycles. The van der Waals surface area contributed by atoms with E-state index >= 15 is 0 Å². The summed E-state index contributed by atoms with van der Waals surface area (Å²) in [6.45, 7) is 0. The zero-order chi connectivity index (χ0) is 8.39. The van der Waals surface area contributed by atoms with Gasteiger partial charge in [-0.15, -0.1) is 0 Å². The molecule has 0 bridgehead atoms. The van der Waals surface area contributed by atoms with Crippen molar-refractivity contribution in [3.05, 3.63) is 29.7 Å². The van der Waals surface area contributed by atoms with E-state index in [2.05, 4.69) is 13.7 Å². The summed E-state index contributed by atoms with van der Waals surface area (Å²) >= 11 is 7.05. The zero-order valence-electron chi connectivity index (χ0n) is 5.94. The van der Waals surface area contributed by atoms with Crippen molar-refractivity contribution in [2.24, 2.45) is 0 Å². The van der Waals surface area contributed by atoms with E-state index in [-0.39, 0.29) is 0 Å². The number of hydrogen-bond donors (Lipinski definition) is 0. The van der Waals surface area contributed by atoms with Crippen LogP contribution < -0.4 is 0 Å². The van der Waals surface area contributed by atoms with Crippen molar-refractivity contribution in [3.63, 3.8) is 0 Å². The van der Waals surface area contributed by atoms with Crippen molar-refractivity contribution in [3.8, 4) is 11.3 Å². The monoisotopic (exact) mass is 197 g/mol. The molecule has 2 aromatic heterocycles. The predicted molar refractivity (Wildman–Crippen MR) is 48.2 cm³/mol. The van der Waals surface area contributed by atoms with Gasteiger partial charge in [-0.05, 0) is 6.07 Å². The van der Waals surface area contributed by atoms with Gasteiger partial charge >= 0.3 is 0 Å². The van der Waals surface area contributed by atoms with Gasteiger partial charge in [0.25, 0.3) is 0 Å². The van der Waals surface area contributed by atoms with Gasteiger partial charge in [0.15, 0.2) is 0 Å². The van der Waals surface area contributed by atoms with Gasteiger partial charge in [-0.1, -0.05) is 11.6 Å². The van der Waals surface area contributed by atoms with Crippen LogP contribution in [0.2, 0.25) is 5.02 Å². The molecule has 0 N–H and O–H groups in total. The molecule has 0 aliphatic rings. The number of halogens is 1. The molecule has 0 amide bonds. The fourth-order valence-corrected chi connectivity index (χ4v) is 1.51. The second-order valence-electron chi connectivity index (χ2n) is 2.15. The van der Waals surface area contributed by atoms with Crippen LogP contribution in [-0.4, -0.2) is 13.7 Å². The highest BCUT2D eigenvalue weighted by Gasteiger charge is 2.04. The van der Waals surface area contributed by atoms with Crippen LogP contribution in [0.15, 0.2) is 24.7 Å². The Morgan fingerprint density at radius 3 is 2.92 bits per heavy atom.